The molecule has 5 heteroatoms. The maximum atomic E-state index is 12.2. The summed E-state index contributed by atoms with van der Waals surface area (Å²) in [6, 6.07) is 3.92. The Bertz CT molecular complexity index is 617. The molecule has 0 spiro atoms. The second kappa shape index (κ2) is 5.22. The monoisotopic (exact) mass is 305 g/mol. The first-order valence-corrected chi connectivity index (χ1v) is 7.78. The Hall–Kier alpha value is -1.33. The summed E-state index contributed by atoms with van der Waals surface area (Å²) in [6.07, 6.45) is 4.64. The minimum Gasteiger partial charge on any atom is -0.461 e. The Morgan fingerprint density at radius 2 is 2.35 bits per heavy atom. The number of rotatable bonds is 4. The number of furan rings is 1. The summed E-state index contributed by atoms with van der Waals surface area (Å²) < 4.78 is 6.37. The SMILES string of the molecule is C=CCN1C(=O)/C(=C/c2ccc([C@H]3C[C@@H]3C)o2)SC1=S. The molecular weight excluding hydrogens is 290 g/mol. The molecule has 1 aromatic heterocycles. The Labute approximate surface area is 127 Å². The summed E-state index contributed by atoms with van der Waals surface area (Å²) in [5, 5.41) is 0. The molecule has 0 aromatic carbocycles. The molecule has 20 heavy (non-hydrogen) atoms. The summed E-state index contributed by atoms with van der Waals surface area (Å²) in [4.78, 5) is 14.3. The highest BCUT2D eigenvalue weighted by Crippen LogP contribution is 2.47. The van der Waals surface area contributed by atoms with Crippen molar-refractivity contribution in [2.45, 2.75) is 19.3 Å². The molecule has 0 bridgehead atoms. The van der Waals surface area contributed by atoms with Gasteiger partial charge < -0.3 is 4.42 Å². The smallest absolute Gasteiger partial charge is 0.266 e. The summed E-state index contributed by atoms with van der Waals surface area (Å²) in [6.45, 7) is 6.30. The van der Waals surface area contributed by atoms with Crippen LogP contribution >= 0.6 is 24.0 Å². The predicted octanol–water partition coefficient (Wildman–Crippen LogP) is 3.79. The van der Waals surface area contributed by atoms with Crippen molar-refractivity contribution in [3.8, 4) is 0 Å². The Kier molecular flexibility index (Phi) is 3.56. The van der Waals surface area contributed by atoms with Crippen LogP contribution < -0.4 is 0 Å². The van der Waals surface area contributed by atoms with E-state index in [9.17, 15) is 4.79 Å². The van der Waals surface area contributed by atoms with E-state index in [2.05, 4.69) is 13.5 Å². The van der Waals surface area contributed by atoms with Gasteiger partial charge in [0.05, 0.1) is 4.91 Å². The minimum absolute atomic E-state index is 0.0716. The first-order chi connectivity index (χ1) is 9.60. The maximum Gasteiger partial charge on any atom is 0.266 e. The third kappa shape index (κ3) is 2.47. The Morgan fingerprint density at radius 3 is 3.00 bits per heavy atom. The van der Waals surface area contributed by atoms with Gasteiger partial charge in [0.2, 0.25) is 0 Å². The molecule has 0 radical (unpaired) electrons. The van der Waals surface area contributed by atoms with Gasteiger partial charge in [0.25, 0.3) is 5.91 Å². The molecule has 104 valence electrons. The van der Waals surface area contributed by atoms with Gasteiger partial charge in [-0.05, 0) is 24.5 Å². The van der Waals surface area contributed by atoms with Crippen molar-refractivity contribution < 1.29 is 9.21 Å². The zero-order valence-corrected chi connectivity index (χ0v) is 12.8. The topological polar surface area (TPSA) is 33.5 Å². The first kappa shape index (κ1) is 13.6. The molecule has 3 rings (SSSR count). The van der Waals surface area contributed by atoms with E-state index in [1.807, 2.05) is 12.1 Å². The molecule has 1 aromatic rings. The number of hydrogen-bond acceptors (Lipinski definition) is 4. The lowest BCUT2D eigenvalue weighted by molar-refractivity contribution is -0.121. The van der Waals surface area contributed by atoms with Gasteiger partial charge in [-0.25, -0.2) is 0 Å². The normalized spacial score (nSPS) is 27.4. The quantitative estimate of drug-likeness (QED) is 0.481. The number of thioether (sulfide) groups is 1. The van der Waals surface area contributed by atoms with E-state index < -0.39 is 0 Å². The van der Waals surface area contributed by atoms with E-state index in [0.29, 0.717) is 27.6 Å². The van der Waals surface area contributed by atoms with Crippen molar-refractivity contribution in [1.29, 1.82) is 0 Å². The van der Waals surface area contributed by atoms with Crippen molar-refractivity contribution in [3.63, 3.8) is 0 Å². The minimum atomic E-state index is -0.0716. The summed E-state index contributed by atoms with van der Waals surface area (Å²) >= 11 is 6.51. The molecule has 0 unspecified atom stereocenters. The maximum absolute atomic E-state index is 12.2. The van der Waals surface area contributed by atoms with Crippen LogP contribution in [0.1, 0.15) is 30.8 Å². The van der Waals surface area contributed by atoms with Crippen molar-refractivity contribution in [2.75, 3.05) is 6.54 Å². The van der Waals surface area contributed by atoms with Crippen LogP contribution in [0.15, 0.2) is 34.1 Å². The molecule has 2 fully saturated rings. The van der Waals surface area contributed by atoms with E-state index in [0.717, 1.165) is 11.5 Å². The average Bonchev–Trinajstić information content (AvgIpc) is 2.86. The van der Waals surface area contributed by atoms with Gasteiger partial charge in [0, 0.05) is 18.5 Å². The lowest BCUT2D eigenvalue weighted by Gasteiger charge is -2.10. The lowest BCUT2D eigenvalue weighted by Crippen LogP contribution is -2.27. The summed E-state index contributed by atoms with van der Waals surface area (Å²) in [5.74, 6) is 2.92. The molecule has 3 nitrogen and oxygen atoms in total. The number of carbonyl (C=O) groups is 1. The van der Waals surface area contributed by atoms with Crippen LogP contribution in [-0.4, -0.2) is 21.7 Å². The fraction of sp³-hybridized carbons (Fsp3) is 0.333. The molecule has 2 aliphatic rings. The standard InChI is InChI=1S/C15H15NO2S2/c1-3-6-16-14(17)13(20-15(16)19)8-10-4-5-12(18-10)11-7-9(11)2/h3-5,8-9,11H,1,6-7H2,2H3/b13-8-/t9-,11-/m0/s1. The van der Waals surface area contributed by atoms with E-state index in [1.54, 1.807) is 17.1 Å². The third-order valence-electron chi connectivity index (χ3n) is 3.58. The van der Waals surface area contributed by atoms with Crippen LogP contribution in [0.2, 0.25) is 0 Å². The number of amides is 1. The molecule has 1 aliphatic carbocycles. The first-order valence-electron chi connectivity index (χ1n) is 6.56. The molecule has 1 saturated heterocycles. The number of carbonyl (C=O) groups excluding carboxylic acids is 1. The van der Waals surface area contributed by atoms with Crippen LogP contribution in [0.3, 0.4) is 0 Å². The van der Waals surface area contributed by atoms with Gasteiger partial charge in [-0.2, -0.15) is 0 Å². The van der Waals surface area contributed by atoms with Gasteiger partial charge in [0.15, 0.2) is 0 Å². The van der Waals surface area contributed by atoms with Gasteiger partial charge in [-0.1, -0.05) is 37.0 Å². The van der Waals surface area contributed by atoms with E-state index >= 15 is 0 Å². The second-order valence-corrected chi connectivity index (χ2v) is 6.82. The van der Waals surface area contributed by atoms with Crippen LogP contribution in [0, 0.1) is 5.92 Å². The fourth-order valence-electron chi connectivity index (χ4n) is 2.28. The largest absolute Gasteiger partial charge is 0.461 e. The molecule has 2 heterocycles. The van der Waals surface area contributed by atoms with Crippen LogP contribution in [0.4, 0.5) is 0 Å². The lowest BCUT2D eigenvalue weighted by atomic mass is 10.3. The van der Waals surface area contributed by atoms with Gasteiger partial charge in [-0.15, -0.1) is 6.58 Å². The molecule has 2 atom stereocenters. The zero-order valence-electron chi connectivity index (χ0n) is 11.2. The predicted molar refractivity (Wildman–Crippen MR) is 85.3 cm³/mol. The van der Waals surface area contributed by atoms with Crippen LogP contribution in [-0.2, 0) is 4.79 Å². The van der Waals surface area contributed by atoms with Crippen molar-refractivity contribution >= 4 is 40.3 Å². The van der Waals surface area contributed by atoms with E-state index in [4.69, 9.17) is 16.6 Å². The molecule has 1 saturated carbocycles. The fourth-order valence-corrected chi connectivity index (χ4v) is 3.53. The Morgan fingerprint density at radius 1 is 1.60 bits per heavy atom. The highest BCUT2D eigenvalue weighted by atomic mass is 32.2. The van der Waals surface area contributed by atoms with Crippen molar-refractivity contribution in [3.05, 3.63) is 41.2 Å². The highest BCUT2D eigenvalue weighted by Gasteiger charge is 2.37. The molecule has 0 N–H and O–H groups in total. The molecule has 1 aliphatic heterocycles. The number of hydrogen-bond donors (Lipinski definition) is 0. The number of thiocarbonyl (C=S) groups is 1. The van der Waals surface area contributed by atoms with Gasteiger partial charge in [-0.3, -0.25) is 9.69 Å². The van der Waals surface area contributed by atoms with Crippen molar-refractivity contribution in [1.82, 2.24) is 4.90 Å². The van der Waals surface area contributed by atoms with Crippen LogP contribution in [0.25, 0.3) is 6.08 Å². The average molecular weight is 305 g/mol. The van der Waals surface area contributed by atoms with E-state index in [1.165, 1.54) is 18.2 Å². The Balaban J connectivity index is 1.78. The van der Waals surface area contributed by atoms with E-state index in [-0.39, 0.29) is 5.91 Å². The molecule has 1 amide bonds. The highest BCUT2D eigenvalue weighted by molar-refractivity contribution is 8.26. The third-order valence-corrected chi connectivity index (χ3v) is 4.96. The number of nitrogens with zero attached hydrogens (tertiary/aromatic N) is 1. The van der Waals surface area contributed by atoms with Crippen molar-refractivity contribution in [2.24, 2.45) is 5.92 Å². The van der Waals surface area contributed by atoms with Crippen LogP contribution in [0.5, 0.6) is 0 Å². The van der Waals surface area contributed by atoms with Gasteiger partial charge in [0.1, 0.15) is 15.8 Å². The molecular formula is C15H15NO2S2. The second-order valence-electron chi connectivity index (χ2n) is 5.14. The zero-order chi connectivity index (χ0) is 14.3. The summed E-state index contributed by atoms with van der Waals surface area (Å²) in [5.41, 5.74) is 0. The summed E-state index contributed by atoms with van der Waals surface area (Å²) in [7, 11) is 0. The van der Waals surface area contributed by atoms with Gasteiger partial charge >= 0.3 is 0 Å².